The summed E-state index contributed by atoms with van der Waals surface area (Å²) < 4.78 is 8.22. The topological polar surface area (TPSA) is 12.0 Å². The highest BCUT2D eigenvalue weighted by atomic mass is 127. The molecule has 0 fully saturated rings. The van der Waals surface area contributed by atoms with Gasteiger partial charge in [-0.15, -0.1) is 18.9 Å². The second kappa shape index (κ2) is 5.42. The van der Waals surface area contributed by atoms with Crippen molar-refractivity contribution in [1.29, 1.82) is 0 Å². The van der Waals surface area contributed by atoms with Gasteiger partial charge in [-0.1, -0.05) is 16.2 Å². The molecule has 2 rings (SSSR count). The van der Waals surface area contributed by atoms with Crippen LogP contribution in [-0.2, 0) is 0 Å². The molecule has 94 valence electrons. The fraction of sp³-hybridized carbons (Fsp3) is 0.467. The lowest BCUT2D eigenvalue weighted by Gasteiger charge is -2.22. The molecule has 0 bridgehead atoms. The highest BCUT2D eigenvalue weighted by molar-refractivity contribution is 14.2. The molecule has 1 heterocycles. The Hall–Kier alpha value is -0.510. The Morgan fingerprint density at radius 3 is 2.53 bits per heavy atom. The Labute approximate surface area is 111 Å². The Balaban J connectivity index is 2.28. The van der Waals surface area contributed by atoms with Crippen LogP contribution < -0.4 is 5.32 Å². The lowest BCUT2D eigenvalue weighted by atomic mass is 9.97. The zero-order chi connectivity index (χ0) is 12.4. The lowest BCUT2D eigenvalue weighted by Crippen LogP contribution is -2.16. The first-order valence-corrected chi connectivity index (χ1v) is 10.1. The maximum Gasteiger partial charge on any atom is 0.0693 e. The normalized spacial score (nSPS) is 22.4. The van der Waals surface area contributed by atoms with E-state index in [2.05, 4.69) is 40.7 Å². The molecule has 0 saturated heterocycles. The van der Waals surface area contributed by atoms with E-state index in [-0.39, 0.29) is 0 Å². The van der Waals surface area contributed by atoms with Crippen molar-refractivity contribution in [2.24, 2.45) is 0 Å². The molecule has 1 N–H and O–H groups in total. The Kier molecular flexibility index (Phi) is 4.13. The molecule has 1 aliphatic carbocycles. The lowest BCUT2D eigenvalue weighted by molar-refractivity contribution is 0.645. The van der Waals surface area contributed by atoms with Crippen LogP contribution in [-0.4, -0.2) is 8.53 Å². The van der Waals surface area contributed by atoms with Crippen LogP contribution >= 0.6 is 18.9 Å². The van der Waals surface area contributed by atoms with Gasteiger partial charge in [-0.3, -0.25) is 0 Å². The fourth-order valence-electron chi connectivity index (χ4n) is 2.41. The summed E-state index contributed by atoms with van der Waals surface area (Å²) in [7, 11) is 0. The summed E-state index contributed by atoms with van der Waals surface area (Å²) in [6, 6.07) is 0. The van der Waals surface area contributed by atoms with E-state index in [1.807, 2.05) is 0 Å². The number of hydrogen-bond donors (Lipinski definition) is 1. The van der Waals surface area contributed by atoms with Crippen LogP contribution in [0, 0.1) is 0 Å². The molecule has 17 heavy (non-hydrogen) atoms. The first kappa shape index (κ1) is 12.9. The van der Waals surface area contributed by atoms with Crippen molar-refractivity contribution in [2.75, 3.05) is 0 Å². The van der Waals surface area contributed by atoms with Crippen LogP contribution in [0.4, 0.5) is 0 Å². The monoisotopic (exact) mass is 343 g/mol. The van der Waals surface area contributed by atoms with E-state index >= 15 is 0 Å². The van der Waals surface area contributed by atoms with E-state index in [0.717, 1.165) is 0 Å². The largest absolute Gasteiger partial charge is 0.354 e. The van der Waals surface area contributed by atoms with Gasteiger partial charge in [-0.25, -0.2) is 0 Å². The van der Waals surface area contributed by atoms with Crippen LogP contribution in [0.15, 0.2) is 32.2 Å². The Morgan fingerprint density at radius 2 is 1.88 bits per heavy atom. The smallest absolute Gasteiger partial charge is 0.0693 e. The number of nitrogens with one attached hydrogen (secondary N) is 1. The zero-order valence-electron chi connectivity index (χ0n) is 11.1. The molecule has 2 heteroatoms. The van der Waals surface area contributed by atoms with Crippen molar-refractivity contribution < 1.29 is 0 Å². The third kappa shape index (κ3) is 3.03. The molecule has 0 amide bonds. The number of allylic oxidation sites excluding steroid dienone is 5. The molecular weight excluding hydrogens is 321 g/mol. The molecule has 0 spiro atoms. The van der Waals surface area contributed by atoms with E-state index in [1.54, 1.807) is 5.57 Å². The molecule has 0 saturated carbocycles. The van der Waals surface area contributed by atoms with Gasteiger partial charge >= 0.3 is 0 Å². The van der Waals surface area contributed by atoms with Crippen molar-refractivity contribution in [1.82, 2.24) is 5.32 Å². The van der Waals surface area contributed by atoms with E-state index < -0.39 is 18.9 Å². The van der Waals surface area contributed by atoms with Gasteiger partial charge in [0.15, 0.2) is 0 Å². The maximum atomic E-state index is 4.39. The first-order valence-electron chi connectivity index (χ1n) is 6.25. The Morgan fingerprint density at radius 1 is 1.18 bits per heavy atom. The minimum absolute atomic E-state index is 1.22. The van der Waals surface area contributed by atoms with Gasteiger partial charge in [0.05, 0.1) is 3.70 Å². The molecule has 0 atom stereocenters. The molecule has 0 radical (unpaired) electrons. The van der Waals surface area contributed by atoms with Gasteiger partial charge in [0.2, 0.25) is 0 Å². The van der Waals surface area contributed by atoms with Crippen LogP contribution in [0.25, 0.3) is 0 Å². The molecule has 0 aromatic heterocycles. The molecule has 0 aromatic carbocycles. The van der Waals surface area contributed by atoms with Gasteiger partial charge in [-0.05, 0) is 61.6 Å². The molecule has 0 aromatic rings. The third-order valence-electron chi connectivity index (χ3n) is 3.34. The Bertz CT molecular complexity index is 497. The fourth-order valence-corrected chi connectivity index (χ4v) is 6.00. The number of hydrogen-bond acceptors (Lipinski definition) is 1. The van der Waals surface area contributed by atoms with Crippen LogP contribution in [0.2, 0.25) is 0 Å². The summed E-state index contributed by atoms with van der Waals surface area (Å²) >= 11 is -1.31. The minimum Gasteiger partial charge on any atom is -0.354 e. The molecule has 0 unspecified atom stereocenters. The van der Waals surface area contributed by atoms with Crippen molar-refractivity contribution in [2.45, 2.75) is 46.5 Å². The van der Waals surface area contributed by atoms with E-state index in [0.29, 0.717) is 0 Å². The van der Waals surface area contributed by atoms with E-state index in [9.17, 15) is 0 Å². The summed E-state index contributed by atoms with van der Waals surface area (Å²) in [4.78, 5) is 0. The van der Waals surface area contributed by atoms with Crippen molar-refractivity contribution in [3.8, 4) is 0 Å². The maximum absolute atomic E-state index is 4.39. The number of rotatable bonds is 2. The van der Waals surface area contributed by atoms with Gasteiger partial charge < -0.3 is 5.32 Å². The average molecular weight is 343 g/mol. The van der Waals surface area contributed by atoms with Gasteiger partial charge in [-0.2, -0.15) is 0 Å². The van der Waals surface area contributed by atoms with Crippen LogP contribution in [0.3, 0.4) is 0 Å². The van der Waals surface area contributed by atoms with Crippen LogP contribution in [0.1, 0.15) is 46.5 Å². The average Bonchev–Trinajstić information content (AvgIpc) is 2.25. The second-order valence-electron chi connectivity index (χ2n) is 4.98. The molecule has 1 nitrogen and oxygen atoms in total. The predicted molar refractivity (Wildman–Crippen MR) is 88.0 cm³/mol. The van der Waals surface area contributed by atoms with Gasteiger partial charge in [0, 0.05) is 5.70 Å². The second-order valence-corrected chi connectivity index (χ2v) is 8.95. The molecular formula is C15H22IN. The van der Waals surface area contributed by atoms with Gasteiger partial charge in [0.1, 0.15) is 0 Å². The summed E-state index contributed by atoms with van der Waals surface area (Å²) in [5.41, 5.74) is 5.81. The first-order chi connectivity index (χ1) is 8.08. The van der Waals surface area contributed by atoms with Crippen molar-refractivity contribution in [3.05, 3.63) is 32.2 Å². The molecule has 2 aliphatic rings. The summed E-state index contributed by atoms with van der Waals surface area (Å²) in [6.07, 6.45) is 7.44. The van der Waals surface area contributed by atoms with E-state index in [4.69, 9.17) is 0 Å². The van der Waals surface area contributed by atoms with Crippen molar-refractivity contribution in [3.63, 3.8) is 0 Å². The predicted octanol–water partition coefficient (Wildman–Crippen LogP) is 4.36. The molecule has 1 aliphatic heterocycles. The quantitative estimate of drug-likeness (QED) is 0.580. The number of halogens is 1. The standard InChI is InChI=1S/C15H22IN/c1-11-9-13(3)15(16(4)10-11)17-14-8-6-5-7-12(14)2/h9-10,17H,4-8H2,1-3H3. The highest BCUT2D eigenvalue weighted by Crippen LogP contribution is 2.32. The highest BCUT2D eigenvalue weighted by Gasteiger charge is 2.12. The zero-order valence-corrected chi connectivity index (χ0v) is 13.2. The third-order valence-corrected chi connectivity index (χ3v) is 7.58. The van der Waals surface area contributed by atoms with Crippen molar-refractivity contribution >= 4 is 27.4 Å². The summed E-state index contributed by atoms with van der Waals surface area (Å²) in [6.45, 7) is 6.67. The minimum atomic E-state index is -1.31. The van der Waals surface area contributed by atoms with Crippen LogP contribution in [0.5, 0.6) is 0 Å². The summed E-state index contributed by atoms with van der Waals surface area (Å²) in [5.74, 6) is 0. The summed E-state index contributed by atoms with van der Waals surface area (Å²) in [5, 5.41) is 3.72. The van der Waals surface area contributed by atoms with E-state index in [1.165, 1.54) is 46.2 Å². The van der Waals surface area contributed by atoms with Gasteiger partial charge in [0.25, 0.3) is 0 Å². The SMILES string of the molecule is C=I1=CC(C)=CC(C)=C1NC1=C(C)CCCC1.